The molecular weight excluding hydrogens is 192 g/mol. The lowest BCUT2D eigenvalue weighted by molar-refractivity contribution is 0.240. The summed E-state index contributed by atoms with van der Waals surface area (Å²) in [6.07, 6.45) is 0. The smallest absolute Gasteiger partial charge is 0.269 e. The molecule has 0 aromatic carbocycles. The van der Waals surface area contributed by atoms with Gasteiger partial charge in [0, 0.05) is 32.4 Å². The van der Waals surface area contributed by atoms with Crippen molar-refractivity contribution < 1.29 is 0 Å². The second-order valence-corrected chi connectivity index (χ2v) is 4.27. The highest BCUT2D eigenvalue weighted by atomic mass is 16.1. The third-order valence-electron chi connectivity index (χ3n) is 3.13. The molecule has 0 radical (unpaired) electrons. The maximum atomic E-state index is 11.7. The summed E-state index contributed by atoms with van der Waals surface area (Å²) in [5.41, 5.74) is 1.93. The normalized spacial score (nSPS) is 23.3. The maximum absolute atomic E-state index is 11.7. The lowest BCUT2D eigenvalue weighted by atomic mass is 10.1. The van der Waals surface area contributed by atoms with Gasteiger partial charge in [0.05, 0.1) is 11.6 Å². The van der Waals surface area contributed by atoms with Crippen LogP contribution in [0, 0.1) is 6.92 Å². The number of aromatic amines is 1. The van der Waals surface area contributed by atoms with Crippen molar-refractivity contribution in [1.29, 1.82) is 0 Å². The van der Waals surface area contributed by atoms with E-state index in [1.54, 1.807) is 4.68 Å². The van der Waals surface area contributed by atoms with Gasteiger partial charge in [0.15, 0.2) is 0 Å². The van der Waals surface area contributed by atoms with E-state index in [2.05, 4.69) is 22.4 Å². The van der Waals surface area contributed by atoms with Crippen molar-refractivity contribution in [2.75, 3.05) is 26.7 Å². The van der Waals surface area contributed by atoms with Crippen LogP contribution in [0.25, 0.3) is 0 Å². The molecule has 0 aliphatic carbocycles. The van der Waals surface area contributed by atoms with Crippen molar-refractivity contribution in [2.24, 2.45) is 7.05 Å². The zero-order chi connectivity index (χ0) is 11.0. The molecule has 0 spiro atoms. The number of piperazine rings is 1. The Kier molecular flexibility index (Phi) is 2.67. The molecule has 0 bridgehead atoms. The van der Waals surface area contributed by atoms with Crippen LogP contribution < -0.4 is 10.9 Å². The molecule has 84 valence electrons. The minimum Gasteiger partial charge on any atom is -0.307 e. The van der Waals surface area contributed by atoms with Crippen LogP contribution in [0.2, 0.25) is 0 Å². The van der Waals surface area contributed by atoms with E-state index >= 15 is 0 Å². The largest absolute Gasteiger partial charge is 0.307 e. The molecule has 1 saturated heterocycles. The van der Waals surface area contributed by atoms with E-state index in [1.165, 1.54) is 0 Å². The van der Waals surface area contributed by atoms with Crippen molar-refractivity contribution in [3.8, 4) is 0 Å². The van der Waals surface area contributed by atoms with Gasteiger partial charge in [-0.15, -0.1) is 0 Å². The van der Waals surface area contributed by atoms with Crippen LogP contribution in [-0.4, -0.2) is 41.4 Å². The van der Waals surface area contributed by atoms with E-state index in [0.29, 0.717) is 0 Å². The predicted molar refractivity (Wildman–Crippen MR) is 59.0 cm³/mol. The first-order valence-corrected chi connectivity index (χ1v) is 5.27. The van der Waals surface area contributed by atoms with Crippen molar-refractivity contribution in [1.82, 2.24) is 20.0 Å². The van der Waals surface area contributed by atoms with Gasteiger partial charge in [0.2, 0.25) is 0 Å². The quantitative estimate of drug-likeness (QED) is 0.663. The lowest BCUT2D eigenvalue weighted by Gasteiger charge is -2.30. The summed E-state index contributed by atoms with van der Waals surface area (Å²) >= 11 is 0. The van der Waals surface area contributed by atoms with Crippen molar-refractivity contribution in [3.63, 3.8) is 0 Å². The van der Waals surface area contributed by atoms with Gasteiger partial charge in [-0.1, -0.05) is 0 Å². The van der Waals surface area contributed by atoms with Gasteiger partial charge in [-0.2, -0.15) is 0 Å². The molecule has 1 unspecified atom stereocenters. The zero-order valence-electron chi connectivity index (χ0n) is 9.50. The summed E-state index contributed by atoms with van der Waals surface area (Å²) in [6, 6.07) is 0.161. The standard InChI is InChI=1S/C10H18N4O/c1-7-9(10(15)12-14(7)3)8-6-13(2)5-4-11-8/h8,11H,4-6H2,1-3H3,(H,12,15). The summed E-state index contributed by atoms with van der Waals surface area (Å²) in [4.78, 5) is 14.0. The van der Waals surface area contributed by atoms with Crippen LogP contribution in [0.4, 0.5) is 0 Å². The number of aryl methyl sites for hydroxylation is 1. The average Bonchev–Trinajstić information content (AvgIpc) is 2.41. The Morgan fingerprint density at radius 1 is 1.40 bits per heavy atom. The van der Waals surface area contributed by atoms with Crippen LogP contribution in [-0.2, 0) is 7.05 Å². The Morgan fingerprint density at radius 2 is 2.13 bits per heavy atom. The molecule has 2 rings (SSSR count). The second-order valence-electron chi connectivity index (χ2n) is 4.27. The first-order valence-electron chi connectivity index (χ1n) is 5.27. The van der Waals surface area contributed by atoms with Crippen LogP contribution >= 0.6 is 0 Å². The maximum Gasteiger partial charge on any atom is 0.269 e. The molecule has 1 aliphatic rings. The van der Waals surface area contributed by atoms with Gasteiger partial charge in [-0.25, -0.2) is 0 Å². The number of H-pyrrole nitrogens is 1. The highest BCUT2D eigenvalue weighted by Gasteiger charge is 2.23. The van der Waals surface area contributed by atoms with Crippen LogP contribution in [0.15, 0.2) is 4.79 Å². The molecule has 5 heteroatoms. The molecule has 2 N–H and O–H groups in total. The number of likely N-dealkylation sites (N-methyl/N-ethyl adjacent to an activating group) is 1. The molecule has 1 aliphatic heterocycles. The fraction of sp³-hybridized carbons (Fsp3) is 0.700. The molecule has 2 heterocycles. The van der Waals surface area contributed by atoms with Gasteiger partial charge in [-0.05, 0) is 14.0 Å². The molecule has 1 fully saturated rings. The Morgan fingerprint density at radius 3 is 2.67 bits per heavy atom. The van der Waals surface area contributed by atoms with E-state index in [4.69, 9.17) is 0 Å². The van der Waals surface area contributed by atoms with E-state index < -0.39 is 0 Å². The highest BCUT2D eigenvalue weighted by Crippen LogP contribution is 2.15. The predicted octanol–water partition coefficient (Wildman–Crippen LogP) is -0.402. The summed E-state index contributed by atoms with van der Waals surface area (Å²) < 4.78 is 1.79. The number of nitrogens with zero attached hydrogens (tertiary/aromatic N) is 2. The minimum atomic E-state index is 0.0304. The van der Waals surface area contributed by atoms with Gasteiger partial charge >= 0.3 is 0 Å². The van der Waals surface area contributed by atoms with E-state index in [1.807, 2.05) is 14.0 Å². The van der Waals surface area contributed by atoms with Crippen molar-refractivity contribution in [3.05, 3.63) is 21.6 Å². The summed E-state index contributed by atoms with van der Waals surface area (Å²) in [5, 5.41) is 6.18. The number of hydrogen-bond donors (Lipinski definition) is 2. The third-order valence-corrected chi connectivity index (χ3v) is 3.13. The monoisotopic (exact) mass is 210 g/mol. The first kappa shape index (κ1) is 10.4. The SMILES string of the molecule is Cc1c(C2CN(C)CCN2)c(=O)[nH]n1C. The molecule has 0 amide bonds. The summed E-state index contributed by atoms with van der Waals surface area (Å²) in [6.45, 7) is 4.85. The van der Waals surface area contributed by atoms with Crippen LogP contribution in [0.1, 0.15) is 17.3 Å². The van der Waals surface area contributed by atoms with E-state index in [9.17, 15) is 4.79 Å². The molecular formula is C10H18N4O. The van der Waals surface area contributed by atoms with Gasteiger partial charge in [0.1, 0.15) is 0 Å². The van der Waals surface area contributed by atoms with Gasteiger partial charge in [0.25, 0.3) is 5.56 Å². The van der Waals surface area contributed by atoms with Gasteiger partial charge < -0.3 is 10.2 Å². The fourth-order valence-corrected chi connectivity index (χ4v) is 2.14. The second kappa shape index (κ2) is 3.83. The Labute approximate surface area is 89.1 Å². The van der Waals surface area contributed by atoms with Gasteiger partial charge in [-0.3, -0.25) is 14.6 Å². The lowest BCUT2D eigenvalue weighted by Crippen LogP contribution is -2.45. The Hall–Kier alpha value is -1.07. The van der Waals surface area contributed by atoms with Crippen molar-refractivity contribution >= 4 is 0 Å². The fourth-order valence-electron chi connectivity index (χ4n) is 2.14. The molecule has 15 heavy (non-hydrogen) atoms. The number of rotatable bonds is 1. The van der Waals surface area contributed by atoms with E-state index in [0.717, 1.165) is 30.9 Å². The number of hydrogen-bond acceptors (Lipinski definition) is 3. The third kappa shape index (κ3) is 1.85. The summed E-state index contributed by atoms with van der Waals surface area (Å²) in [7, 11) is 3.95. The number of nitrogens with one attached hydrogen (secondary N) is 2. The summed E-state index contributed by atoms with van der Waals surface area (Å²) in [5.74, 6) is 0. The van der Waals surface area contributed by atoms with E-state index in [-0.39, 0.29) is 11.6 Å². The first-order chi connectivity index (χ1) is 7.09. The average molecular weight is 210 g/mol. The van der Waals surface area contributed by atoms with Crippen LogP contribution in [0.3, 0.4) is 0 Å². The molecule has 1 aromatic heterocycles. The molecule has 1 aromatic rings. The topological polar surface area (TPSA) is 53.1 Å². The zero-order valence-corrected chi connectivity index (χ0v) is 9.50. The molecule has 0 saturated carbocycles. The van der Waals surface area contributed by atoms with Crippen LogP contribution in [0.5, 0.6) is 0 Å². The molecule has 1 atom stereocenters. The molecule has 5 nitrogen and oxygen atoms in total. The Balaban J connectivity index is 2.32. The Bertz CT molecular complexity index is 406. The highest BCUT2D eigenvalue weighted by molar-refractivity contribution is 5.21. The minimum absolute atomic E-state index is 0.0304. The number of aromatic nitrogens is 2. The van der Waals surface area contributed by atoms with Crippen molar-refractivity contribution in [2.45, 2.75) is 13.0 Å².